The van der Waals surface area contributed by atoms with Crippen molar-refractivity contribution in [3.8, 4) is 11.5 Å². The number of hydrogen-bond donors (Lipinski definition) is 0. The molecule has 0 radical (unpaired) electrons. The normalized spacial score (nSPS) is 11.4. The van der Waals surface area contributed by atoms with E-state index in [0.717, 1.165) is 17.4 Å². The average molecular weight is 403 g/mol. The van der Waals surface area contributed by atoms with E-state index in [0.29, 0.717) is 40.5 Å². The van der Waals surface area contributed by atoms with Crippen LogP contribution in [0.5, 0.6) is 0 Å². The molecule has 0 spiro atoms. The summed E-state index contributed by atoms with van der Waals surface area (Å²) < 4.78 is 11.3. The number of rotatable bonds is 6. The van der Waals surface area contributed by atoms with Gasteiger partial charge in [-0.2, -0.15) is 0 Å². The van der Waals surface area contributed by atoms with Gasteiger partial charge < -0.3 is 14.1 Å². The molecule has 0 aliphatic carbocycles. The molecule has 0 aliphatic heterocycles. The lowest BCUT2D eigenvalue weighted by Crippen LogP contribution is -2.27. The summed E-state index contributed by atoms with van der Waals surface area (Å²) in [6.07, 6.45) is 0.781. The van der Waals surface area contributed by atoms with E-state index in [1.165, 1.54) is 0 Å². The van der Waals surface area contributed by atoms with Gasteiger partial charge in [-0.25, -0.2) is 14.8 Å². The molecule has 0 N–H and O–H groups in total. The van der Waals surface area contributed by atoms with Crippen molar-refractivity contribution in [2.75, 3.05) is 18.6 Å². The minimum Gasteiger partial charge on any atom is -0.462 e. The summed E-state index contributed by atoms with van der Waals surface area (Å²) in [4.78, 5) is 24.0. The van der Waals surface area contributed by atoms with E-state index < -0.39 is 0 Å². The highest BCUT2D eigenvalue weighted by Gasteiger charge is 2.20. The Hall–Kier alpha value is -3.41. The van der Waals surface area contributed by atoms with Crippen LogP contribution in [0.2, 0.25) is 0 Å². The zero-order valence-corrected chi connectivity index (χ0v) is 17.7. The van der Waals surface area contributed by atoms with Crippen molar-refractivity contribution in [1.82, 2.24) is 9.97 Å². The van der Waals surface area contributed by atoms with E-state index in [1.54, 1.807) is 18.2 Å². The van der Waals surface area contributed by atoms with Crippen molar-refractivity contribution < 1.29 is 13.9 Å². The molecule has 2 aromatic carbocycles. The molecule has 4 aromatic rings. The number of hydrogen-bond acceptors (Lipinski definition) is 6. The predicted molar refractivity (Wildman–Crippen MR) is 119 cm³/mol. The molecule has 0 atom stereocenters. The lowest BCUT2D eigenvalue weighted by Gasteiger charge is -2.24. The lowest BCUT2D eigenvalue weighted by molar-refractivity contribution is 0.0505. The summed E-state index contributed by atoms with van der Waals surface area (Å²) in [5.74, 6) is 1.02. The van der Waals surface area contributed by atoms with Gasteiger partial charge in [0, 0.05) is 18.5 Å². The van der Waals surface area contributed by atoms with Gasteiger partial charge in [0.1, 0.15) is 11.3 Å². The zero-order chi connectivity index (χ0) is 21.3. The molecule has 0 amide bonds. The number of anilines is 1. The van der Waals surface area contributed by atoms with Crippen molar-refractivity contribution in [2.24, 2.45) is 0 Å². The maximum atomic E-state index is 12.3. The second-order valence-corrected chi connectivity index (χ2v) is 7.59. The maximum absolute atomic E-state index is 12.3. The van der Waals surface area contributed by atoms with Crippen LogP contribution in [0, 0.1) is 0 Å². The third-order valence-corrected chi connectivity index (χ3v) is 5.09. The molecule has 0 unspecified atom stereocenters. The third kappa shape index (κ3) is 3.73. The van der Waals surface area contributed by atoms with Crippen molar-refractivity contribution in [3.63, 3.8) is 0 Å². The number of ether oxygens (including phenoxy) is 1. The van der Waals surface area contributed by atoms with E-state index in [9.17, 15) is 4.79 Å². The first-order valence-electron chi connectivity index (χ1n) is 10.2. The minimum atomic E-state index is -0.347. The van der Waals surface area contributed by atoms with E-state index in [-0.39, 0.29) is 12.0 Å². The second-order valence-electron chi connectivity index (χ2n) is 7.59. The topological polar surface area (TPSA) is 68.5 Å². The molecular formula is C24H25N3O3. The summed E-state index contributed by atoms with van der Waals surface area (Å²) in [6, 6.07) is 15.3. The fraction of sp³-hybridized carbons (Fsp3) is 0.292. The van der Waals surface area contributed by atoms with Gasteiger partial charge in [0.25, 0.3) is 0 Å². The Morgan fingerprint density at radius 1 is 1.10 bits per heavy atom. The molecule has 4 rings (SSSR count). The van der Waals surface area contributed by atoms with Gasteiger partial charge in [-0.05, 0) is 50.6 Å². The Morgan fingerprint density at radius 2 is 1.90 bits per heavy atom. The lowest BCUT2D eigenvalue weighted by atomic mass is 10.1. The molecule has 2 aromatic heterocycles. The SMILES string of the molecule is CCCOC(=O)c1ccc2nc(-c3cc4ccccc4o3)c(N(C)C(C)C)nc2c1. The fourth-order valence-corrected chi connectivity index (χ4v) is 3.20. The van der Waals surface area contributed by atoms with Gasteiger partial charge in [-0.15, -0.1) is 0 Å². The molecule has 0 bridgehead atoms. The van der Waals surface area contributed by atoms with Crippen molar-refractivity contribution >= 4 is 33.8 Å². The molecule has 0 aliphatic rings. The van der Waals surface area contributed by atoms with E-state index >= 15 is 0 Å². The van der Waals surface area contributed by atoms with E-state index in [4.69, 9.17) is 19.1 Å². The summed E-state index contributed by atoms with van der Waals surface area (Å²) in [5.41, 5.74) is 3.29. The third-order valence-electron chi connectivity index (χ3n) is 5.09. The number of fused-ring (bicyclic) bond motifs is 2. The van der Waals surface area contributed by atoms with Crippen molar-refractivity contribution in [1.29, 1.82) is 0 Å². The summed E-state index contributed by atoms with van der Waals surface area (Å²) >= 11 is 0. The first kappa shape index (κ1) is 19.9. The number of esters is 1. The number of carbonyl (C=O) groups excluding carboxylic acids is 1. The molecule has 0 saturated carbocycles. The fourth-order valence-electron chi connectivity index (χ4n) is 3.20. The number of nitrogens with zero attached hydrogens (tertiary/aromatic N) is 3. The van der Waals surface area contributed by atoms with E-state index in [2.05, 4.69) is 18.7 Å². The van der Waals surface area contributed by atoms with Gasteiger partial charge in [0.05, 0.1) is 23.2 Å². The van der Waals surface area contributed by atoms with Crippen LogP contribution in [0.3, 0.4) is 0 Å². The van der Waals surface area contributed by atoms with Gasteiger partial charge in [-0.3, -0.25) is 0 Å². The minimum absolute atomic E-state index is 0.206. The van der Waals surface area contributed by atoms with Gasteiger partial charge >= 0.3 is 5.97 Å². The molecular weight excluding hydrogens is 378 g/mol. The number of para-hydroxylation sites is 1. The highest BCUT2D eigenvalue weighted by molar-refractivity contribution is 5.95. The van der Waals surface area contributed by atoms with Crippen LogP contribution in [0.4, 0.5) is 5.82 Å². The van der Waals surface area contributed by atoms with Crippen LogP contribution < -0.4 is 4.90 Å². The number of carbonyl (C=O) groups is 1. The summed E-state index contributed by atoms with van der Waals surface area (Å²) in [7, 11) is 1.98. The maximum Gasteiger partial charge on any atom is 0.338 e. The Balaban J connectivity index is 1.86. The van der Waals surface area contributed by atoms with Crippen LogP contribution in [0.15, 0.2) is 52.9 Å². The number of benzene rings is 2. The summed E-state index contributed by atoms with van der Waals surface area (Å²) in [6.45, 7) is 6.54. The molecule has 2 heterocycles. The number of furan rings is 1. The van der Waals surface area contributed by atoms with Gasteiger partial charge in [-0.1, -0.05) is 25.1 Å². The highest BCUT2D eigenvalue weighted by atomic mass is 16.5. The standard InChI is InChI=1S/C24H25N3O3/c1-5-12-29-24(28)17-10-11-18-19(13-17)26-23(27(4)15(2)3)22(25-18)21-14-16-8-6-7-9-20(16)30-21/h6-11,13-15H,5,12H2,1-4H3. The first-order chi connectivity index (χ1) is 14.5. The largest absolute Gasteiger partial charge is 0.462 e. The molecule has 0 fully saturated rings. The zero-order valence-electron chi connectivity index (χ0n) is 17.7. The predicted octanol–water partition coefficient (Wildman–Crippen LogP) is 5.45. The average Bonchev–Trinajstić information content (AvgIpc) is 3.19. The first-order valence-corrected chi connectivity index (χ1v) is 10.2. The molecule has 6 heteroatoms. The number of aromatic nitrogens is 2. The van der Waals surface area contributed by atoms with Crippen LogP contribution in [-0.4, -0.2) is 35.6 Å². The molecule has 154 valence electrons. The van der Waals surface area contributed by atoms with Crippen LogP contribution >= 0.6 is 0 Å². The molecule has 30 heavy (non-hydrogen) atoms. The summed E-state index contributed by atoms with van der Waals surface area (Å²) in [5, 5.41) is 1.02. The van der Waals surface area contributed by atoms with Crippen molar-refractivity contribution in [3.05, 3.63) is 54.1 Å². The Morgan fingerprint density at radius 3 is 2.63 bits per heavy atom. The van der Waals surface area contributed by atoms with Gasteiger partial charge in [0.2, 0.25) is 0 Å². The Labute approximate surface area is 175 Å². The second kappa shape index (κ2) is 8.14. The monoisotopic (exact) mass is 403 g/mol. The van der Waals surface area contributed by atoms with Crippen LogP contribution in [-0.2, 0) is 4.74 Å². The molecule has 0 saturated heterocycles. The van der Waals surface area contributed by atoms with E-state index in [1.807, 2.05) is 44.3 Å². The Bertz CT molecular complexity index is 1180. The van der Waals surface area contributed by atoms with Crippen molar-refractivity contribution in [2.45, 2.75) is 33.2 Å². The Kier molecular flexibility index (Phi) is 5.40. The smallest absolute Gasteiger partial charge is 0.338 e. The van der Waals surface area contributed by atoms with Gasteiger partial charge in [0.15, 0.2) is 11.6 Å². The quantitative estimate of drug-likeness (QED) is 0.399. The highest BCUT2D eigenvalue weighted by Crippen LogP contribution is 2.34. The molecule has 6 nitrogen and oxygen atoms in total. The van der Waals surface area contributed by atoms with Crippen LogP contribution in [0.1, 0.15) is 37.6 Å². The van der Waals surface area contributed by atoms with Crippen LogP contribution in [0.25, 0.3) is 33.5 Å².